The molecule has 0 saturated heterocycles. The van der Waals surface area contributed by atoms with Crippen molar-refractivity contribution in [3.05, 3.63) is 59.9 Å². The van der Waals surface area contributed by atoms with Crippen LogP contribution in [0.2, 0.25) is 0 Å². The minimum atomic E-state index is 0.500. The Bertz CT molecular complexity index is 1010. The Kier molecular flexibility index (Phi) is 12.6. The van der Waals surface area contributed by atoms with E-state index in [1.807, 2.05) is 6.07 Å². The van der Waals surface area contributed by atoms with Gasteiger partial charge in [0.25, 0.3) is 0 Å². The van der Waals surface area contributed by atoms with Crippen molar-refractivity contribution in [2.75, 3.05) is 47.4 Å². The maximum atomic E-state index is 4.81. The quantitative estimate of drug-likeness (QED) is 0.183. The first-order valence-corrected chi connectivity index (χ1v) is 14.4. The number of aromatic nitrogens is 4. The second-order valence-electron chi connectivity index (χ2n) is 9.68. The van der Waals surface area contributed by atoms with Crippen molar-refractivity contribution in [3.8, 4) is 0 Å². The highest BCUT2D eigenvalue weighted by molar-refractivity contribution is 5.45. The number of anilines is 4. The van der Waals surface area contributed by atoms with Crippen molar-refractivity contribution >= 4 is 23.5 Å². The SMILES string of the molecule is CCCNc1cc(C2CCC2c2ccccc2)nc(NCCC)n1.CCCNc1ccnc(NCCC)n1. The molecular formula is C30H46N8. The Hall–Kier alpha value is -3.42. The van der Waals surface area contributed by atoms with Crippen LogP contribution in [0.15, 0.2) is 48.7 Å². The van der Waals surface area contributed by atoms with Gasteiger partial charge >= 0.3 is 0 Å². The Morgan fingerprint density at radius 3 is 1.84 bits per heavy atom. The van der Waals surface area contributed by atoms with E-state index in [0.717, 1.165) is 69.4 Å². The summed E-state index contributed by atoms with van der Waals surface area (Å²) in [7, 11) is 0. The second-order valence-corrected chi connectivity index (χ2v) is 9.68. The third-order valence-electron chi connectivity index (χ3n) is 6.46. The van der Waals surface area contributed by atoms with Crippen molar-refractivity contribution in [3.63, 3.8) is 0 Å². The third kappa shape index (κ3) is 9.15. The average Bonchev–Trinajstić information content (AvgIpc) is 2.93. The van der Waals surface area contributed by atoms with Crippen LogP contribution in [0, 0.1) is 0 Å². The molecule has 8 heteroatoms. The maximum absolute atomic E-state index is 4.81. The summed E-state index contributed by atoms with van der Waals surface area (Å²) in [5, 5.41) is 13.1. The highest BCUT2D eigenvalue weighted by atomic mass is 15.1. The van der Waals surface area contributed by atoms with E-state index in [2.05, 4.69) is 100 Å². The normalized spacial score (nSPS) is 16.0. The van der Waals surface area contributed by atoms with Crippen LogP contribution >= 0.6 is 0 Å². The first-order chi connectivity index (χ1) is 18.7. The van der Waals surface area contributed by atoms with Crippen LogP contribution < -0.4 is 21.3 Å². The molecule has 2 unspecified atom stereocenters. The summed E-state index contributed by atoms with van der Waals surface area (Å²) in [4.78, 5) is 17.9. The van der Waals surface area contributed by atoms with Crippen molar-refractivity contribution in [1.29, 1.82) is 0 Å². The van der Waals surface area contributed by atoms with Gasteiger partial charge in [-0.1, -0.05) is 58.0 Å². The number of nitrogens with one attached hydrogen (secondary N) is 4. The molecule has 2 atom stereocenters. The molecule has 3 aromatic rings. The van der Waals surface area contributed by atoms with Crippen molar-refractivity contribution < 1.29 is 0 Å². The van der Waals surface area contributed by atoms with Crippen molar-refractivity contribution in [2.45, 2.75) is 78.1 Å². The summed E-state index contributed by atoms with van der Waals surface area (Å²) in [5.74, 6) is 4.37. The fourth-order valence-electron chi connectivity index (χ4n) is 4.30. The molecule has 0 aliphatic heterocycles. The molecule has 0 bridgehead atoms. The summed E-state index contributed by atoms with van der Waals surface area (Å²) < 4.78 is 0. The summed E-state index contributed by atoms with van der Waals surface area (Å²) in [5.41, 5.74) is 2.60. The molecule has 1 aliphatic carbocycles. The predicted octanol–water partition coefficient (Wildman–Crippen LogP) is 6.90. The lowest BCUT2D eigenvalue weighted by molar-refractivity contribution is 0.340. The van der Waals surface area contributed by atoms with Crippen LogP contribution in [-0.2, 0) is 0 Å². The van der Waals surface area contributed by atoms with Gasteiger partial charge in [0, 0.05) is 44.4 Å². The molecule has 1 saturated carbocycles. The zero-order valence-electron chi connectivity index (χ0n) is 23.6. The van der Waals surface area contributed by atoms with Gasteiger partial charge in [-0.25, -0.2) is 9.97 Å². The molecule has 1 aliphatic rings. The summed E-state index contributed by atoms with van der Waals surface area (Å²) in [6.45, 7) is 12.3. The topological polar surface area (TPSA) is 99.7 Å². The number of rotatable bonds is 14. The van der Waals surface area contributed by atoms with E-state index < -0.39 is 0 Å². The smallest absolute Gasteiger partial charge is 0.224 e. The Morgan fingerprint density at radius 2 is 1.21 bits per heavy atom. The molecule has 38 heavy (non-hydrogen) atoms. The zero-order chi connectivity index (χ0) is 27.0. The van der Waals surface area contributed by atoms with Gasteiger partial charge in [0.1, 0.15) is 11.6 Å². The van der Waals surface area contributed by atoms with E-state index >= 15 is 0 Å². The largest absolute Gasteiger partial charge is 0.370 e. The van der Waals surface area contributed by atoms with Gasteiger partial charge in [-0.05, 0) is 56.1 Å². The monoisotopic (exact) mass is 518 g/mol. The van der Waals surface area contributed by atoms with Gasteiger partial charge in [-0.3, -0.25) is 0 Å². The molecule has 1 aromatic carbocycles. The minimum absolute atomic E-state index is 0.500. The van der Waals surface area contributed by atoms with Crippen LogP contribution in [0.5, 0.6) is 0 Å². The van der Waals surface area contributed by atoms with E-state index in [4.69, 9.17) is 4.98 Å². The number of hydrogen-bond acceptors (Lipinski definition) is 8. The fourth-order valence-corrected chi connectivity index (χ4v) is 4.30. The molecule has 8 nitrogen and oxygen atoms in total. The molecule has 4 rings (SSSR count). The fraction of sp³-hybridized carbons (Fsp3) is 0.533. The minimum Gasteiger partial charge on any atom is -0.370 e. The van der Waals surface area contributed by atoms with E-state index in [0.29, 0.717) is 17.8 Å². The first kappa shape index (κ1) is 29.1. The lowest BCUT2D eigenvalue weighted by Crippen LogP contribution is -2.23. The molecule has 206 valence electrons. The van der Waals surface area contributed by atoms with Gasteiger partial charge in [-0.2, -0.15) is 9.97 Å². The van der Waals surface area contributed by atoms with Gasteiger partial charge in [0.15, 0.2) is 0 Å². The van der Waals surface area contributed by atoms with Crippen molar-refractivity contribution in [2.24, 2.45) is 0 Å². The molecule has 1 fully saturated rings. The second kappa shape index (κ2) is 16.4. The molecular weight excluding hydrogens is 472 g/mol. The van der Waals surface area contributed by atoms with E-state index in [1.54, 1.807) is 6.20 Å². The van der Waals surface area contributed by atoms with Crippen LogP contribution in [-0.4, -0.2) is 46.1 Å². The molecule has 0 spiro atoms. The number of hydrogen-bond donors (Lipinski definition) is 4. The zero-order valence-corrected chi connectivity index (χ0v) is 23.6. The summed E-state index contributed by atoms with van der Waals surface area (Å²) >= 11 is 0. The molecule has 0 radical (unpaired) electrons. The number of nitrogens with zero attached hydrogens (tertiary/aromatic N) is 4. The first-order valence-electron chi connectivity index (χ1n) is 14.4. The van der Waals surface area contributed by atoms with E-state index in [-0.39, 0.29) is 0 Å². The van der Waals surface area contributed by atoms with Crippen LogP contribution in [0.1, 0.15) is 89.3 Å². The lowest BCUT2D eigenvalue weighted by atomic mass is 9.68. The molecule has 2 aromatic heterocycles. The van der Waals surface area contributed by atoms with Gasteiger partial charge < -0.3 is 21.3 Å². The molecule has 4 N–H and O–H groups in total. The van der Waals surface area contributed by atoms with Crippen LogP contribution in [0.3, 0.4) is 0 Å². The highest BCUT2D eigenvalue weighted by Crippen LogP contribution is 2.48. The predicted molar refractivity (Wildman–Crippen MR) is 160 cm³/mol. The Labute approximate surface area is 228 Å². The van der Waals surface area contributed by atoms with Crippen molar-refractivity contribution in [1.82, 2.24) is 19.9 Å². The number of benzene rings is 1. The standard InChI is InChI=1S/C20H28N4.C10H18N4/c1-3-12-21-19-14-18(23-20(24-19)22-13-4-2)17-11-10-16(17)15-8-6-5-7-9-15;1-3-6-11-9-5-8-13-10(14-9)12-7-4-2/h5-9,14,16-17H,3-4,10-13H2,1-2H3,(H2,21,22,23,24);5,8H,3-4,6-7H2,1-2H3,(H2,11,12,13,14). The van der Waals surface area contributed by atoms with Gasteiger partial charge in [0.2, 0.25) is 11.9 Å². The van der Waals surface area contributed by atoms with Crippen LogP contribution in [0.25, 0.3) is 0 Å². The summed E-state index contributed by atoms with van der Waals surface area (Å²) in [6, 6.07) is 14.9. The average molecular weight is 519 g/mol. The Morgan fingerprint density at radius 1 is 0.632 bits per heavy atom. The van der Waals surface area contributed by atoms with Gasteiger partial charge in [0.05, 0.1) is 5.69 Å². The molecule has 2 heterocycles. The highest BCUT2D eigenvalue weighted by Gasteiger charge is 2.34. The lowest BCUT2D eigenvalue weighted by Gasteiger charge is -2.37. The Balaban J connectivity index is 0.000000244. The third-order valence-corrected chi connectivity index (χ3v) is 6.46. The van der Waals surface area contributed by atoms with Crippen LogP contribution in [0.4, 0.5) is 23.5 Å². The summed E-state index contributed by atoms with van der Waals surface area (Å²) in [6.07, 6.45) is 8.56. The van der Waals surface area contributed by atoms with E-state index in [1.165, 1.54) is 24.1 Å². The van der Waals surface area contributed by atoms with E-state index in [9.17, 15) is 0 Å². The maximum Gasteiger partial charge on any atom is 0.224 e. The molecule has 0 amide bonds. The van der Waals surface area contributed by atoms with Gasteiger partial charge in [-0.15, -0.1) is 0 Å².